The van der Waals surface area contributed by atoms with Crippen LogP contribution in [0.5, 0.6) is 0 Å². The van der Waals surface area contributed by atoms with E-state index in [0.717, 1.165) is 5.56 Å². The molecule has 100 valence electrons. The van der Waals surface area contributed by atoms with Gasteiger partial charge in [-0.3, -0.25) is 0 Å². The Morgan fingerprint density at radius 3 is 2.50 bits per heavy atom. The minimum Gasteiger partial charge on any atom is -0.338 e. The summed E-state index contributed by atoms with van der Waals surface area (Å²) in [6.07, 6.45) is 0.674. The molecule has 0 aromatic heterocycles. The maximum absolute atomic E-state index is 11.5. The van der Waals surface area contributed by atoms with E-state index in [9.17, 15) is 4.79 Å². The highest BCUT2D eigenvalue weighted by molar-refractivity contribution is 6.35. The Kier molecular flexibility index (Phi) is 5.29. The van der Waals surface area contributed by atoms with E-state index in [1.165, 1.54) is 0 Å². The molecule has 2 amide bonds. The number of carbonyl (C=O) groups excluding carboxylic acids is 1. The molecule has 0 radical (unpaired) electrons. The minimum absolute atomic E-state index is 0.174. The first-order valence-corrected chi connectivity index (χ1v) is 6.53. The molecule has 0 bridgehead atoms. The molecule has 0 heterocycles. The molecule has 0 fully saturated rings. The average Bonchev–Trinajstić information content (AvgIpc) is 2.18. The SMILES string of the molecule is CC(C)(C)NC(=O)NCCc1ccc(Cl)cc1Cl. The molecule has 1 rings (SSSR count). The number of hydrogen-bond donors (Lipinski definition) is 2. The zero-order valence-electron chi connectivity index (χ0n) is 10.8. The van der Waals surface area contributed by atoms with Crippen LogP contribution in [0.1, 0.15) is 26.3 Å². The predicted molar refractivity (Wildman–Crippen MR) is 76.5 cm³/mol. The van der Waals surface area contributed by atoms with Gasteiger partial charge >= 0.3 is 6.03 Å². The molecule has 3 nitrogen and oxygen atoms in total. The Balaban J connectivity index is 2.40. The fourth-order valence-electron chi connectivity index (χ4n) is 1.42. The largest absolute Gasteiger partial charge is 0.338 e. The van der Waals surface area contributed by atoms with Gasteiger partial charge in [-0.05, 0) is 44.9 Å². The van der Waals surface area contributed by atoms with Gasteiger partial charge in [0.25, 0.3) is 0 Å². The molecule has 18 heavy (non-hydrogen) atoms. The Bertz CT molecular complexity index is 427. The molecule has 1 aromatic carbocycles. The third-order valence-corrected chi connectivity index (χ3v) is 2.77. The van der Waals surface area contributed by atoms with Crippen molar-refractivity contribution in [2.24, 2.45) is 0 Å². The summed E-state index contributed by atoms with van der Waals surface area (Å²) in [5.41, 5.74) is 0.735. The molecule has 0 saturated carbocycles. The van der Waals surface area contributed by atoms with Gasteiger partial charge in [-0.15, -0.1) is 0 Å². The van der Waals surface area contributed by atoms with Gasteiger partial charge in [-0.1, -0.05) is 29.3 Å². The number of hydrogen-bond acceptors (Lipinski definition) is 1. The molecule has 0 saturated heterocycles. The first-order chi connectivity index (χ1) is 8.28. The molecular formula is C13H18Cl2N2O. The van der Waals surface area contributed by atoms with E-state index in [1.54, 1.807) is 12.1 Å². The highest BCUT2D eigenvalue weighted by Gasteiger charge is 2.12. The molecule has 5 heteroatoms. The Morgan fingerprint density at radius 2 is 1.94 bits per heavy atom. The van der Waals surface area contributed by atoms with Crippen molar-refractivity contribution in [3.63, 3.8) is 0 Å². The number of carbonyl (C=O) groups is 1. The average molecular weight is 289 g/mol. The monoisotopic (exact) mass is 288 g/mol. The Labute approximate surface area is 118 Å². The summed E-state index contributed by atoms with van der Waals surface area (Å²) in [6.45, 7) is 6.33. The van der Waals surface area contributed by atoms with Crippen molar-refractivity contribution in [3.05, 3.63) is 33.8 Å². The fraction of sp³-hybridized carbons (Fsp3) is 0.462. The van der Waals surface area contributed by atoms with E-state index in [4.69, 9.17) is 23.2 Å². The van der Waals surface area contributed by atoms with Gasteiger partial charge in [-0.25, -0.2) is 4.79 Å². The van der Waals surface area contributed by atoms with E-state index >= 15 is 0 Å². The summed E-state index contributed by atoms with van der Waals surface area (Å²) in [5.74, 6) is 0. The van der Waals surface area contributed by atoms with Crippen molar-refractivity contribution in [2.45, 2.75) is 32.7 Å². The van der Waals surface area contributed by atoms with Crippen LogP contribution in [-0.2, 0) is 6.42 Å². The van der Waals surface area contributed by atoms with E-state index in [1.807, 2.05) is 26.8 Å². The number of benzene rings is 1. The van der Waals surface area contributed by atoms with Crippen molar-refractivity contribution in [3.8, 4) is 0 Å². The van der Waals surface area contributed by atoms with Gasteiger partial charge in [0, 0.05) is 22.1 Å². The zero-order chi connectivity index (χ0) is 13.8. The molecule has 0 aliphatic rings. The number of amides is 2. The Morgan fingerprint density at radius 1 is 1.28 bits per heavy atom. The van der Waals surface area contributed by atoms with Crippen molar-refractivity contribution < 1.29 is 4.79 Å². The molecular weight excluding hydrogens is 271 g/mol. The first kappa shape index (κ1) is 15.1. The van der Waals surface area contributed by atoms with Crippen LogP contribution in [0, 0.1) is 0 Å². The molecule has 0 unspecified atom stereocenters. The minimum atomic E-state index is -0.234. The second kappa shape index (κ2) is 6.30. The predicted octanol–water partition coefficient (Wildman–Crippen LogP) is 3.63. The van der Waals surface area contributed by atoms with Crippen molar-refractivity contribution >= 4 is 29.2 Å². The maximum Gasteiger partial charge on any atom is 0.315 e. The van der Waals surface area contributed by atoms with Crippen LogP contribution in [0.15, 0.2) is 18.2 Å². The zero-order valence-corrected chi connectivity index (χ0v) is 12.3. The van der Waals surface area contributed by atoms with Crippen LogP contribution in [-0.4, -0.2) is 18.1 Å². The first-order valence-electron chi connectivity index (χ1n) is 5.78. The van der Waals surface area contributed by atoms with Gasteiger partial charge in [0.2, 0.25) is 0 Å². The Hall–Kier alpha value is -0.930. The normalized spacial score (nSPS) is 11.2. The summed E-state index contributed by atoms with van der Waals surface area (Å²) in [4.78, 5) is 11.5. The summed E-state index contributed by atoms with van der Waals surface area (Å²) in [6, 6.07) is 5.19. The van der Waals surface area contributed by atoms with Gasteiger partial charge in [0.15, 0.2) is 0 Å². The fourth-order valence-corrected chi connectivity index (χ4v) is 1.92. The third-order valence-electron chi connectivity index (χ3n) is 2.18. The number of rotatable bonds is 3. The van der Waals surface area contributed by atoms with Crippen LogP contribution in [0.4, 0.5) is 4.79 Å². The lowest BCUT2D eigenvalue weighted by atomic mass is 10.1. The summed E-state index contributed by atoms with van der Waals surface area (Å²) in [5, 5.41) is 6.85. The third kappa shape index (κ3) is 5.61. The molecule has 0 aliphatic heterocycles. The van der Waals surface area contributed by atoms with Crippen molar-refractivity contribution in [1.82, 2.24) is 10.6 Å². The smallest absolute Gasteiger partial charge is 0.315 e. The topological polar surface area (TPSA) is 41.1 Å². The molecule has 0 atom stereocenters. The van der Waals surface area contributed by atoms with Gasteiger partial charge in [-0.2, -0.15) is 0 Å². The highest BCUT2D eigenvalue weighted by Crippen LogP contribution is 2.20. The quantitative estimate of drug-likeness (QED) is 0.876. The molecule has 0 spiro atoms. The summed E-state index contributed by atoms with van der Waals surface area (Å²) in [7, 11) is 0. The second-order valence-corrected chi connectivity index (χ2v) is 5.96. The highest BCUT2D eigenvalue weighted by atomic mass is 35.5. The van der Waals surface area contributed by atoms with E-state index in [0.29, 0.717) is 23.0 Å². The van der Waals surface area contributed by atoms with Crippen LogP contribution in [0.3, 0.4) is 0 Å². The lowest BCUT2D eigenvalue weighted by molar-refractivity contribution is 0.232. The van der Waals surface area contributed by atoms with E-state index < -0.39 is 0 Å². The molecule has 2 N–H and O–H groups in total. The molecule has 0 aliphatic carbocycles. The number of halogens is 2. The van der Waals surface area contributed by atoms with Crippen LogP contribution in [0.25, 0.3) is 0 Å². The van der Waals surface area contributed by atoms with E-state index in [-0.39, 0.29) is 11.6 Å². The van der Waals surface area contributed by atoms with Gasteiger partial charge in [0.05, 0.1) is 0 Å². The molecule has 1 aromatic rings. The summed E-state index contributed by atoms with van der Waals surface area (Å²) < 4.78 is 0. The number of urea groups is 1. The van der Waals surface area contributed by atoms with Gasteiger partial charge in [0.1, 0.15) is 0 Å². The lowest BCUT2D eigenvalue weighted by Crippen LogP contribution is -2.46. The van der Waals surface area contributed by atoms with Gasteiger partial charge < -0.3 is 10.6 Å². The second-order valence-electron chi connectivity index (χ2n) is 5.12. The van der Waals surface area contributed by atoms with Crippen LogP contribution in [0.2, 0.25) is 10.0 Å². The maximum atomic E-state index is 11.5. The van der Waals surface area contributed by atoms with E-state index in [2.05, 4.69) is 10.6 Å². The standard InChI is InChI=1S/C13H18Cl2N2O/c1-13(2,3)17-12(18)16-7-6-9-4-5-10(14)8-11(9)15/h4-5,8H,6-7H2,1-3H3,(H2,16,17,18). The van der Waals surface area contributed by atoms with Crippen molar-refractivity contribution in [2.75, 3.05) is 6.54 Å². The lowest BCUT2D eigenvalue weighted by Gasteiger charge is -2.20. The summed E-state index contributed by atoms with van der Waals surface area (Å²) >= 11 is 11.8. The van der Waals surface area contributed by atoms with Crippen LogP contribution < -0.4 is 10.6 Å². The number of nitrogens with one attached hydrogen (secondary N) is 2. The van der Waals surface area contributed by atoms with Crippen LogP contribution >= 0.6 is 23.2 Å². The van der Waals surface area contributed by atoms with Crippen molar-refractivity contribution in [1.29, 1.82) is 0 Å².